The molecule has 5 aromatic carbocycles. The van der Waals surface area contributed by atoms with Crippen LogP contribution in [-0.2, 0) is 10.8 Å². The van der Waals surface area contributed by atoms with E-state index in [0.29, 0.717) is 0 Å². The van der Waals surface area contributed by atoms with Gasteiger partial charge in [0.2, 0.25) is 0 Å². The molecule has 1 nitrogen and oxygen atoms in total. The molecule has 1 heterocycles. The molecule has 0 unspecified atom stereocenters. The second kappa shape index (κ2) is 7.70. The first-order valence-corrected chi connectivity index (χ1v) is 13.1. The summed E-state index contributed by atoms with van der Waals surface area (Å²) < 4.78 is 6.30. The smallest absolute Gasteiger partial charge is 0.131 e. The Bertz CT molecular complexity index is 1700. The zero-order chi connectivity index (χ0) is 25.4. The molecular weight excluding hydrogens is 448 g/mol. The van der Waals surface area contributed by atoms with E-state index in [1.54, 1.807) is 0 Å². The molecule has 0 N–H and O–H groups in total. The largest absolute Gasteiger partial charge is 0.457 e. The maximum absolute atomic E-state index is 6.30. The molecule has 0 saturated heterocycles. The van der Waals surface area contributed by atoms with Crippen LogP contribution in [0, 0.1) is 0 Å². The second-order valence-electron chi connectivity index (χ2n) is 11.4. The first kappa shape index (κ1) is 22.1. The molecule has 0 aromatic heterocycles. The first-order valence-electron chi connectivity index (χ1n) is 13.1. The SMILES string of the molecule is CC1(C)c2ccccc2Oc2ccc(-c3cccc(-c4cccc5c4-c4ccccc4C5(C)C)c3)cc21. The van der Waals surface area contributed by atoms with Crippen LogP contribution in [0.25, 0.3) is 33.4 Å². The highest BCUT2D eigenvalue weighted by Gasteiger charge is 2.37. The van der Waals surface area contributed by atoms with Crippen molar-refractivity contribution in [2.45, 2.75) is 38.5 Å². The minimum Gasteiger partial charge on any atom is -0.457 e. The highest BCUT2D eigenvalue weighted by atomic mass is 16.5. The lowest BCUT2D eigenvalue weighted by Crippen LogP contribution is -2.24. The molecule has 2 aliphatic rings. The Hall–Kier alpha value is -4.10. The van der Waals surface area contributed by atoms with E-state index in [0.717, 1.165) is 11.5 Å². The molecule has 0 bridgehead atoms. The van der Waals surface area contributed by atoms with E-state index in [-0.39, 0.29) is 10.8 Å². The molecule has 1 aliphatic carbocycles. The maximum atomic E-state index is 6.30. The van der Waals surface area contributed by atoms with Gasteiger partial charge in [0.25, 0.3) is 0 Å². The van der Waals surface area contributed by atoms with Crippen molar-refractivity contribution in [1.29, 1.82) is 0 Å². The van der Waals surface area contributed by atoms with Gasteiger partial charge < -0.3 is 4.74 Å². The van der Waals surface area contributed by atoms with Gasteiger partial charge in [0, 0.05) is 22.0 Å². The van der Waals surface area contributed by atoms with E-state index in [1.807, 2.05) is 6.07 Å². The van der Waals surface area contributed by atoms with Gasteiger partial charge >= 0.3 is 0 Å². The van der Waals surface area contributed by atoms with Crippen molar-refractivity contribution >= 4 is 0 Å². The van der Waals surface area contributed by atoms with Gasteiger partial charge in [-0.25, -0.2) is 0 Å². The third kappa shape index (κ3) is 3.17. The highest BCUT2D eigenvalue weighted by Crippen LogP contribution is 2.52. The summed E-state index contributed by atoms with van der Waals surface area (Å²) in [5, 5.41) is 0. The molecule has 1 aliphatic heterocycles. The summed E-state index contributed by atoms with van der Waals surface area (Å²) in [6.07, 6.45) is 0. The number of fused-ring (bicyclic) bond motifs is 5. The van der Waals surface area contributed by atoms with Gasteiger partial charge in [-0.3, -0.25) is 0 Å². The Morgan fingerprint density at radius 1 is 0.432 bits per heavy atom. The number of para-hydroxylation sites is 1. The molecule has 180 valence electrons. The zero-order valence-electron chi connectivity index (χ0n) is 21.8. The topological polar surface area (TPSA) is 9.23 Å². The molecule has 0 saturated carbocycles. The second-order valence-corrected chi connectivity index (χ2v) is 11.4. The monoisotopic (exact) mass is 478 g/mol. The molecule has 37 heavy (non-hydrogen) atoms. The molecule has 5 aromatic rings. The zero-order valence-corrected chi connectivity index (χ0v) is 21.8. The van der Waals surface area contributed by atoms with Crippen LogP contribution in [0.5, 0.6) is 11.5 Å². The lowest BCUT2D eigenvalue weighted by molar-refractivity contribution is 0.418. The van der Waals surface area contributed by atoms with Crippen LogP contribution in [0.3, 0.4) is 0 Å². The summed E-state index contributed by atoms with van der Waals surface area (Å²) in [6.45, 7) is 9.26. The molecule has 0 atom stereocenters. The lowest BCUT2D eigenvalue weighted by Gasteiger charge is -2.34. The molecule has 1 heteroatoms. The van der Waals surface area contributed by atoms with Gasteiger partial charge in [-0.05, 0) is 68.8 Å². The normalized spacial score (nSPS) is 15.7. The molecular formula is C36H30O. The Morgan fingerprint density at radius 2 is 1.03 bits per heavy atom. The van der Waals surface area contributed by atoms with Crippen molar-refractivity contribution in [3.8, 4) is 44.9 Å². The van der Waals surface area contributed by atoms with Crippen LogP contribution in [-0.4, -0.2) is 0 Å². The van der Waals surface area contributed by atoms with Gasteiger partial charge in [0.05, 0.1) is 0 Å². The number of hydrogen-bond donors (Lipinski definition) is 0. The van der Waals surface area contributed by atoms with E-state index in [4.69, 9.17) is 4.74 Å². The van der Waals surface area contributed by atoms with Gasteiger partial charge in [-0.2, -0.15) is 0 Å². The summed E-state index contributed by atoms with van der Waals surface area (Å²) >= 11 is 0. The van der Waals surface area contributed by atoms with E-state index in [1.165, 1.54) is 55.6 Å². The summed E-state index contributed by atoms with van der Waals surface area (Å²) in [5.41, 5.74) is 12.9. The van der Waals surface area contributed by atoms with Crippen molar-refractivity contribution in [3.63, 3.8) is 0 Å². The van der Waals surface area contributed by atoms with E-state index >= 15 is 0 Å². The number of rotatable bonds is 2. The quantitative estimate of drug-likeness (QED) is 0.245. The Kier molecular flexibility index (Phi) is 4.60. The minimum atomic E-state index is -0.132. The van der Waals surface area contributed by atoms with Crippen molar-refractivity contribution in [2.24, 2.45) is 0 Å². The average Bonchev–Trinajstić information content (AvgIpc) is 3.16. The van der Waals surface area contributed by atoms with Gasteiger partial charge in [0.15, 0.2) is 0 Å². The van der Waals surface area contributed by atoms with Crippen molar-refractivity contribution in [3.05, 3.63) is 131 Å². The Labute approximate surface area is 219 Å². The molecule has 0 spiro atoms. The van der Waals surface area contributed by atoms with Crippen LogP contribution in [0.2, 0.25) is 0 Å². The fourth-order valence-corrected chi connectivity index (χ4v) is 6.48. The van der Waals surface area contributed by atoms with E-state index in [2.05, 4.69) is 131 Å². The minimum absolute atomic E-state index is 0.0000849. The van der Waals surface area contributed by atoms with Gasteiger partial charge in [0.1, 0.15) is 11.5 Å². The standard InChI is InChI=1S/C36H30O/c1-35(2)28-15-6-5-13-27(28)34-26(14-10-17-30(34)35)25-12-9-11-23(21-25)24-19-20-33-31(22-24)36(3,4)29-16-7-8-18-32(29)37-33/h5-22H,1-4H3. The van der Waals surface area contributed by atoms with Crippen molar-refractivity contribution in [1.82, 2.24) is 0 Å². The maximum Gasteiger partial charge on any atom is 0.131 e. The first-order chi connectivity index (χ1) is 17.9. The molecule has 0 amide bonds. The van der Waals surface area contributed by atoms with Crippen LogP contribution < -0.4 is 4.74 Å². The molecule has 0 fully saturated rings. The fourth-order valence-electron chi connectivity index (χ4n) is 6.48. The number of hydrogen-bond acceptors (Lipinski definition) is 1. The average molecular weight is 479 g/mol. The van der Waals surface area contributed by atoms with Crippen LogP contribution in [0.15, 0.2) is 109 Å². The summed E-state index contributed by atoms with van der Waals surface area (Å²) in [4.78, 5) is 0. The van der Waals surface area contributed by atoms with Crippen LogP contribution in [0.1, 0.15) is 49.9 Å². The fraction of sp³-hybridized carbons (Fsp3) is 0.167. The third-order valence-corrected chi connectivity index (χ3v) is 8.55. The summed E-state index contributed by atoms with van der Waals surface area (Å²) in [7, 11) is 0. The number of benzene rings is 5. The predicted molar refractivity (Wildman–Crippen MR) is 154 cm³/mol. The van der Waals surface area contributed by atoms with E-state index < -0.39 is 0 Å². The van der Waals surface area contributed by atoms with Gasteiger partial charge in [-0.15, -0.1) is 0 Å². The molecule has 7 rings (SSSR count). The summed E-state index contributed by atoms with van der Waals surface area (Å²) in [6, 6.07) is 39.7. The third-order valence-electron chi connectivity index (χ3n) is 8.55. The predicted octanol–water partition coefficient (Wildman–Crippen LogP) is 9.76. The van der Waals surface area contributed by atoms with E-state index in [9.17, 15) is 0 Å². The highest BCUT2D eigenvalue weighted by molar-refractivity contribution is 5.93. The van der Waals surface area contributed by atoms with Crippen LogP contribution in [0.4, 0.5) is 0 Å². The number of ether oxygens (including phenoxy) is 1. The van der Waals surface area contributed by atoms with Crippen molar-refractivity contribution < 1.29 is 4.74 Å². The Morgan fingerprint density at radius 3 is 1.89 bits per heavy atom. The Balaban J connectivity index is 1.35. The van der Waals surface area contributed by atoms with Gasteiger partial charge in [-0.1, -0.05) is 113 Å². The lowest BCUT2D eigenvalue weighted by atomic mass is 9.75. The summed E-state index contributed by atoms with van der Waals surface area (Å²) in [5.74, 6) is 1.90. The molecule has 0 radical (unpaired) electrons. The van der Waals surface area contributed by atoms with Crippen LogP contribution >= 0.6 is 0 Å². The van der Waals surface area contributed by atoms with Crippen molar-refractivity contribution in [2.75, 3.05) is 0 Å².